The molecule has 0 nitrogen and oxygen atoms in total. The second kappa shape index (κ2) is 8.50. The highest BCUT2D eigenvalue weighted by molar-refractivity contribution is 5.27. The Balaban J connectivity index is 5.57. The van der Waals surface area contributed by atoms with Crippen LogP contribution < -0.4 is 0 Å². The van der Waals surface area contributed by atoms with Crippen molar-refractivity contribution in [2.24, 2.45) is 11.8 Å². The summed E-state index contributed by atoms with van der Waals surface area (Å²) >= 11 is 0. The molecule has 0 spiro atoms. The van der Waals surface area contributed by atoms with Crippen LogP contribution in [0.1, 0.15) is 41.5 Å². The lowest BCUT2D eigenvalue weighted by atomic mass is 9.82. The molecule has 0 aromatic rings. The molecule has 0 heterocycles. The molecule has 0 aromatic heterocycles. The van der Waals surface area contributed by atoms with E-state index in [9.17, 15) is 17.6 Å². The zero-order valence-corrected chi connectivity index (χ0v) is 15.4. The molecule has 2 atom stereocenters. The number of halogens is 4. The summed E-state index contributed by atoms with van der Waals surface area (Å²) in [7, 11) is 0. The molecule has 0 aliphatic carbocycles. The Morgan fingerprint density at radius 2 is 1.25 bits per heavy atom. The second-order valence-corrected chi connectivity index (χ2v) is 6.60. The Morgan fingerprint density at radius 1 is 0.792 bits per heavy atom. The molecular formula is C20H28F4. The number of hydrogen-bond acceptors (Lipinski definition) is 0. The summed E-state index contributed by atoms with van der Waals surface area (Å²) in [4.78, 5) is 0. The highest BCUT2D eigenvalue weighted by atomic mass is 19.3. The van der Waals surface area contributed by atoms with Gasteiger partial charge in [0, 0.05) is 5.92 Å². The third-order valence-electron chi connectivity index (χ3n) is 4.03. The van der Waals surface area contributed by atoms with Crippen molar-refractivity contribution < 1.29 is 17.6 Å². The maximum absolute atomic E-state index is 14.5. The number of hydrogen-bond donors (Lipinski definition) is 0. The number of alkyl halides is 4. The van der Waals surface area contributed by atoms with E-state index >= 15 is 0 Å². The molecule has 0 bridgehead atoms. The number of rotatable bonds is 8. The molecule has 0 amide bonds. The summed E-state index contributed by atoms with van der Waals surface area (Å²) in [6.07, 6.45) is 5.90. The van der Waals surface area contributed by atoms with Crippen molar-refractivity contribution in [3.8, 4) is 0 Å². The Labute approximate surface area is 143 Å². The molecule has 0 radical (unpaired) electrons. The first-order valence-electron chi connectivity index (χ1n) is 7.84. The van der Waals surface area contributed by atoms with Gasteiger partial charge in [0.05, 0.1) is 5.92 Å². The van der Waals surface area contributed by atoms with Crippen molar-refractivity contribution in [2.45, 2.75) is 53.4 Å². The van der Waals surface area contributed by atoms with Gasteiger partial charge in [0.25, 0.3) is 0 Å². The molecule has 0 saturated carbocycles. The van der Waals surface area contributed by atoms with E-state index in [1.807, 2.05) is 0 Å². The molecule has 0 aliphatic rings. The van der Waals surface area contributed by atoms with Crippen molar-refractivity contribution >= 4 is 0 Å². The van der Waals surface area contributed by atoms with E-state index in [-0.39, 0.29) is 11.1 Å². The summed E-state index contributed by atoms with van der Waals surface area (Å²) in [5.74, 6) is -11.7. The molecule has 2 unspecified atom stereocenters. The fourth-order valence-electron chi connectivity index (χ4n) is 1.93. The minimum Gasteiger partial charge on any atom is -0.199 e. The van der Waals surface area contributed by atoms with E-state index in [0.717, 1.165) is 19.4 Å². The van der Waals surface area contributed by atoms with Gasteiger partial charge in [-0.05, 0) is 33.3 Å². The molecule has 0 saturated heterocycles. The van der Waals surface area contributed by atoms with Crippen LogP contribution in [0.4, 0.5) is 17.6 Å². The first kappa shape index (κ1) is 22.4. The van der Waals surface area contributed by atoms with Crippen LogP contribution in [-0.2, 0) is 0 Å². The third kappa shape index (κ3) is 5.50. The zero-order valence-electron chi connectivity index (χ0n) is 15.4. The monoisotopic (exact) mass is 344 g/mol. The molecule has 136 valence electrons. The van der Waals surface area contributed by atoms with Gasteiger partial charge in [0.15, 0.2) is 0 Å². The smallest absolute Gasteiger partial charge is 0.199 e. The molecular weight excluding hydrogens is 316 g/mol. The molecule has 0 aromatic carbocycles. The van der Waals surface area contributed by atoms with Crippen LogP contribution in [0.15, 0.2) is 59.8 Å². The maximum Gasteiger partial charge on any atom is 0.317 e. The average molecular weight is 344 g/mol. The van der Waals surface area contributed by atoms with Crippen molar-refractivity contribution in [2.75, 3.05) is 0 Å². The van der Waals surface area contributed by atoms with Gasteiger partial charge in [-0.15, -0.1) is 0 Å². The summed E-state index contributed by atoms with van der Waals surface area (Å²) in [5.41, 5.74) is 1.69. The van der Waals surface area contributed by atoms with Gasteiger partial charge >= 0.3 is 11.8 Å². The minimum absolute atomic E-state index is 0.0548. The van der Waals surface area contributed by atoms with Gasteiger partial charge in [0.2, 0.25) is 0 Å². The molecule has 0 rings (SSSR count). The Bertz CT molecular complexity index is 558. The lowest BCUT2D eigenvalue weighted by molar-refractivity contribution is -0.244. The lowest BCUT2D eigenvalue weighted by Gasteiger charge is -2.36. The van der Waals surface area contributed by atoms with Crippen LogP contribution in [0.25, 0.3) is 0 Å². The second-order valence-electron chi connectivity index (χ2n) is 6.60. The predicted octanol–water partition coefficient (Wildman–Crippen LogP) is 7.13. The highest BCUT2D eigenvalue weighted by Crippen LogP contribution is 2.48. The van der Waals surface area contributed by atoms with Crippen molar-refractivity contribution in [3.63, 3.8) is 0 Å². The number of allylic oxidation sites excluding steroid dienone is 8. The van der Waals surface area contributed by atoms with Crippen LogP contribution >= 0.6 is 0 Å². The molecule has 4 heteroatoms. The quantitative estimate of drug-likeness (QED) is 0.324. The van der Waals surface area contributed by atoms with E-state index < -0.39 is 23.7 Å². The molecule has 0 aliphatic heterocycles. The average Bonchev–Trinajstić information content (AvgIpc) is 2.47. The van der Waals surface area contributed by atoms with E-state index in [0.29, 0.717) is 5.57 Å². The first-order valence-corrected chi connectivity index (χ1v) is 7.84. The van der Waals surface area contributed by atoms with Crippen LogP contribution in [-0.4, -0.2) is 11.8 Å². The lowest BCUT2D eigenvalue weighted by Crippen LogP contribution is -2.50. The largest absolute Gasteiger partial charge is 0.317 e. The maximum atomic E-state index is 14.5. The van der Waals surface area contributed by atoms with Gasteiger partial charge in [-0.25, -0.2) is 0 Å². The third-order valence-corrected chi connectivity index (χ3v) is 4.03. The predicted molar refractivity (Wildman–Crippen MR) is 94.5 cm³/mol. The van der Waals surface area contributed by atoms with Crippen molar-refractivity contribution in [1.82, 2.24) is 0 Å². The van der Waals surface area contributed by atoms with Gasteiger partial charge in [-0.1, -0.05) is 68.0 Å². The molecule has 0 N–H and O–H groups in total. The summed E-state index contributed by atoms with van der Waals surface area (Å²) in [6.45, 7) is 16.0. The summed E-state index contributed by atoms with van der Waals surface area (Å²) in [5, 5.41) is 0. The standard InChI is InChI=1S/C20H28F4/c1-13(2)9-11-15(5)17(7)19(21,22)20(23,24)18(8)16(6)12-10-14(3)4/h9-12,17-18H,1,5H2,2-4,6-8H3/b11-9-,16-12+. The fourth-order valence-corrected chi connectivity index (χ4v) is 1.93. The van der Waals surface area contributed by atoms with Gasteiger partial charge in [-0.2, -0.15) is 17.6 Å². The SMILES string of the molecule is C=C(C)/C=C\C(=C)C(C)C(F)(F)C(F)(F)C(C)/C(C)=C/C=C(C)C. The summed E-state index contributed by atoms with van der Waals surface area (Å²) in [6, 6.07) is 0. The van der Waals surface area contributed by atoms with Gasteiger partial charge in [0.1, 0.15) is 0 Å². The van der Waals surface area contributed by atoms with Gasteiger partial charge < -0.3 is 0 Å². The van der Waals surface area contributed by atoms with Crippen LogP contribution in [0.5, 0.6) is 0 Å². The van der Waals surface area contributed by atoms with E-state index in [4.69, 9.17) is 0 Å². The normalized spacial score (nSPS) is 16.0. The highest BCUT2D eigenvalue weighted by Gasteiger charge is 2.62. The van der Waals surface area contributed by atoms with E-state index in [1.165, 1.54) is 25.2 Å². The van der Waals surface area contributed by atoms with Crippen molar-refractivity contribution in [1.29, 1.82) is 0 Å². The van der Waals surface area contributed by atoms with Crippen LogP contribution in [0, 0.1) is 11.8 Å². The minimum atomic E-state index is -4.22. The van der Waals surface area contributed by atoms with Gasteiger partial charge in [-0.3, -0.25) is 0 Å². The fraction of sp³-hybridized carbons (Fsp3) is 0.500. The first-order chi connectivity index (χ1) is 10.7. The topological polar surface area (TPSA) is 0 Å². The molecule has 24 heavy (non-hydrogen) atoms. The van der Waals surface area contributed by atoms with Crippen LogP contribution in [0.2, 0.25) is 0 Å². The Morgan fingerprint density at radius 3 is 1.67 bits per heavy atom. The molecule has 0 fully saturated rings. The Hall–Kier alpha value is -1.58. The van der Waals surface area contributed by atoms with E-state index in [1.54, 1.807) is 26.8 Å². The van der Waals surface area contributed by atoms with Crippen LogP contribution in [0.3, 0.4) is 0 Å². The summed E-state index contributed by atoms with van der Waals surface area (Å²) < 4.78 is 57.9. The van der Waals surface area contributed by atoms with Crippen molar-refractivity contribution in [3.05, 3.63) is 59.8 Å². The zero-order chi connectivity index (χ0) is 19.3. The van der Waals surface area contributed by atoms with E-state index in [2.05, 4.69) is 13.2 Å². The Kier molecular flexibility index (Phi) is 7.94.